The van der Waals surface area contributed by atoms with E-state index in [1.807, 2.05) is 0 Å². The van der Waals surface area contributed by atoms with Gasteiger partial charge in [0.15, 0.2) is 0 Å². The molecular weight excluding hydrogens is 207 g/mol. The molecule has 1 rings (SSSR count). The number of benzene rings is 1. The minimum absolute atomic E-state index is 0.0733. The van der Waals surface area contributed by atoms with Crippen LogP contribution in [0.25, 0.3) is 0 Å². The lowest BCUT2D eigenvalue weighted by Crippen LogP contribution is -2.18. The van der Waals surface area contributed by atoms with Gasteiger partial charge < -0.3 is 0 Å². The van der Waals surface area contributed by atoms with Crippen LogP contribution in [0, 0.1) is 17.1 Å². The summed E-state index contributed by atoms with van der Waals surface area (Å²) in [5.74, 6) is -3.56. The highest BCUT2D eigenvalue weighted by Gasteiger charge is 2.27. The van der Waals surface area contributed by atoms with E-state index in [9.17, 15) is 18.0 Å². The van der Waals surface area contributed by atoms with Gasteiger partial charge in [-0.3, -0.25) is 4.79 Å². The van der Waals surface area contributed by atoms with Crippen LogP contribution >= 0.6 is 0 Å². The summed E-state index contributed by atoms with van der Waals surface area (Å²) in [5, 5.41) is 8.57. The molecule has 0 aliphatic carbocycles. The molecule has 78 valence electrons. The van der Waals surface area contributed by atoms with Crippen molar-refractivity contribution in [3.8, 4) is 6.07 Å². The molecule has 0 saturated heterocycles. The quantitative estimate of drug-likeness (QED) is 0.772. The molecular formula is C10H6F3NO. The maximum Gasteiger partial charge on any atom is 0.297 e. The van der Waals surface area contributed by atoms with Crippen molar-refractivity contribution >= 4 is 5.78 Å². The van der Waals surface area contributed by atoms with E-state index in [0.29, 0.717) is 0 Å². The van der Waals surface area contributed by atoms with Crippen molar-refractivity contribution in [3.63, 3.8) is 0 Å². The van der Waals surface area contributed by atoms with E-state index in [1.165, 1.54) is 6.07 Å². The molecule has 1 atom stereocenters. The van der Waals surface area contributed by atoms with Crippen LogP contribution in [0.4, 0.5) is 13.2 Å². The Morgan fingerprint density at radius 3 is 2.20 bits per heavy atom. The number of alkyl halides is 2. The van der Waals surface area contributed by atoms with E-state index < -0.39 is 23.9 Å². The molecule has 0 aliphatic rings. The number of ketones is 1. The van der Waals surface area contributed by atoms with E-state index in [1.54, 1.807) is 0 Å². The molecule has 0 aromatic heterocycles. The van der Waals surface area contributed by atoms with Crippen LogP contribution in [0.1, 0.15) is 11.5 Å². The van der Waals surface area contributed by atoms with Gasteiger partial charge >= 0.3 is 0 Å². The largest absolute Gasteiger partial charge is 0.297 e. The average molecular weight is 213 g/mol. The Kier molecular flexibility index (Phi) is 3.45. The van der Waals surface area contributed by atoms with Gasteiger partial charge in [-0.2, -0.15) is 5.26 Å². The molecule has 0 amide bonds. The zero-order valence-corrected chi connectivity index (χ0v) is 7.45. The molecule has 0 saturated carbocycles. The van der Waals surface area contributed by atoms with Crippen LogP contribution in [0.15, 0.2) is 24.3 Å². The zero-order chi connectivity index (χ0) is 11.4. The van der Waals surface area contributed by atoms with Crippen molar-refractivity contribution in [2.75, 3.05) is 0 Å². The number of Topliss-reactive ketones (excluding diaryl/α,β-unsaturated/α-hetero) is 1. The van der Waals surface area contributed by atoms with Gasteiger partial charge in [0.05, 0.1) is 6.07 Å². The molecule has 0 radical (unpaired) electrons. The standard InChI is InChI=1S/C10H6F3NO/c11-7-3-1-6(2-4-7)8(5-14)9(15)10(12)13/h1-4,8,10H. The van der Waals surface area contributed by atoms with Crippen LogP contribution in [0.5, 0.6) is 0 Å². The highest BCUT2D eigenvalue weighted by atomic mass is 19.3. The van der Waals surface area contributed by atoms with E-state index in [4.69, 9.17) is 5.26 Å². The van der Waals surface area contributed by atoms with Gasteiger partial charge in [-0.15, -0.1) is 0 Å². The second-order valence-electron chi connectivity index (χ2n) is 2.82. The van der Waals surface area contributed by atoms with Crippen LogP contribution in [0.2, 0.25) is 0 Å². The summed E-state index contributed by atoms with van der Waals surface area (Å²) in [6.07, 6.45) is -3.19. The Morgan fingerprint density at radius 2 is 1.80 bits per heavy atom. The highest BCUT2D eigenvalue weighted by Crippen LogP contribution is 2.19. The number of hydrogen-bond donors (Lipinski definition) is 0. The first-order valence-electron chi connectivity index (χ1n) is 4.03. The lowest BCUT2D eigenvalue weighted by atomic mass is 9.96. The van der Waals surface area contributed by atoms with Crippen molar-refractivity contribution < 1.29 is 18.0 Å². The summed E-state index contributed by atoms with van der Waals surface area (Å²) in [4.78, 5) is 10.9. The molecule has 0 heterocycles. The van der Waals surface area contributed by atoms with Crippen molar-refractivity contribution in [2.45, 2.75) is 12.3 Å². The number of halogens is 3. The second kappa shape index (κ2) is 4.60. The molecule has 0 N–H and O–H groups in total. The highest BCUT2D eigenvalue weighted by molar-refractivity contribution is 5.90. The van der Waals surface area contributed by atoms with E-state index in [0.717, 1.165) is 24.3 Å². The molecule has 2 nitrogen and oxygen atoms in total. The predicted molar refractivity (Wildman–Crippen MR) is 45.8 cm³/mol. The molecule has 1 aromatic carbocycles. The number of hydrogen-bond acceptors (Lipinski definition) is 2. The minimum atomic E-state index is -3.19. The third-order valence-corrected chi connectivity index (χ3v) is 1.83. The van der Waals surface area contributed by atoms with Crippen LogP contribution in [0.3, 0.4) is 0 Å². The minimum Gasteiger partial charge on any atom is -0.291 e. The summed E-state index contributed by atoms with van der Waals surface area (Å²) in [6, 6.07) is 5.78. The van der Waals surface area contributed by atoms with Crippen LogP contribution in [-0.4, -0.2) is 12.2 Å². The van der Waals surface area contributed by atoms with Crippen molar-refractivity contribution in [1.29, 1.82) is 5.26 Å². The molecule has 5 heteroatoms. The summed E-state index contributed by atoms with van der Waals surface area (Å²) in [6.45, 7) is 0. The second-order valence-corrected chi connectivity index (χ2v) is 2.82. The normalized spacial score (nSPS) is 12.2. The third-order valence-electron chi connectivity index (χ3n) is 1.83. The Bertz CT molecular complexity index is 394. The summed E-state index contributed by atoms with van der Waals surface area (Å²) in [7, 11) is 0. The van der Waals surface area contributed by atoms with Crippen LogP contribution in [-0.2, 0) is 4.79 Å². The topological polar surface area (TPSA) is 40.9 Å². The molecule has 15 heavy (non-hydrogen) atoms. The van der Waals surface area contributed by atoms with Crippen LogP contribution < -0.4 is 0 Å². The van der Waals surface area contributed by atoms with Gasteiger partial charge in [0, 0.05) is 0 Å². The van der Waals surface area contributed by atoms with Gasteiger partial charge in [0.2, 0.25) is 5.78 Å². The smallest absolute Gasteiger partial charge is 0.291 e. The first-order valence-corrected chi connectivity index (χ1v) is 4.03. The molecule has 0 bridgehead atoms. The first kappa shape index (κ1) is 11.2. The number of carbonyl (C=O) groups is 1. The lowest BCUT2D eigenvalue weighted by molar-refractivity contribution is -0.129. The fraction of sp³-hybridized carbons (Fsp3) is 0.200. The Labute approximate surface area is 83.9 Å². The van der Waals surface area contributed by atoms with E-state index >= 15 is 0 Å². The Morgan fingerprint density at radius 1 is 1.27 bits per heavy atom. The van der Waals surface area contributed by atoms with Gasteiger partial charge in [0.25, 0.3) is 6.43 Å². The Balaban J connectivity index is 2.99. The van der Waals surface area contributed by atoms with E-state index in [-0.39, 0.29) is 5.56 Å². The Hall–Kier alpha value is -1.83. The first-order chi connectivity index (χ1) is 7.06. The maximum absolute atomic E-state index is 12.5. The van der Waals surface area contributed by atoms with Gasteiger partial charge in [-0.25, -0.2) is 13.2 Å². The molecule has 0 spiro atoms. The number of nitrogens with zero attached hydrogens (tertiary/aromatic N) is 1. The summed E-state index contributed by atoms with van der Waals surface area (Å²) in [5.41, 5.74) is 0.0733. The van der Waals surface area contributed by atoms with Crippen molar-refractivity contribution in [3.05, 3.63) is 35.6 Å². The number of carbonyl (C=O) groups excluding carboxylic acids is 1. The van der Waals surface area contributed by atoms with Gasteiger partial charge in [0.1, 0.15) is 11.7 Å². The van der Waals surface area contributed by atoms with Crippen molar-refractivity contribution in [1.82, 2.24) is 0 Å². The number of rotatable bonds is 3. The van der Waals surface area contributed by atoms with Crippen molar-refractivity contribution in [2.24, 2.45) is 0 Å². The van der Waals surface area contributed by atoms with Gasteiger partial charge in [-0.1, -0.05) is 12.1 Å². The molecule has 0 aliphatic heterocycles. The molecule has 1 unspecified atom stereocenters. The molecule has 0 fully saturated rings. The summed E-state index contributed by atoms with van der Waals surface area (Å²) >= 11 is 0. The lowest BCUT2D eigenvalue weighted by Gasteiger charge is -2.06. The predicted octanol–water partition coefficient (Wildman–Crippen LogP) is 2.27. The third kappa shape index (κ3) is 2.56. The average Bonchev–Trinajstić information content (AvgIpc) is 2.21. The monoisotopic (exact) mass is 213 g/mol. The van der Waals surface area contributed by atoms with Gasteiger partial charge in [-0.05, 0) is 17.7 Å². The fourth-order valence-corrected chi connectivity index (χ4v) is 1.08. The number of nitriles is 1. The molecule has 1 aromatic rings. The maximum atomic E-state index is 12.5. The zero-order valence-electron chi connectivity index (χ0n) is 7.45. The fourth-order valence-electron chi connectivity index (χ4n) is 1.08. The summed E-state index contributed by atoms with van der Waals surface area (Å²) < 4.78 is 36.6. The van der Waals surface area contributed by atoms with E-state index in [2.05, 4.69) is 0 Å². The SMILES string of the molecule is N#CC(C(=O)C(F)F)c1ccc(F)cc1.